The average molecular weight is 317 g/mol. The van der Waals surface area contributed by atoms with Crippen LogP contribution < -0.4 is 9.47 Å². The predicted octanol–water partition coefficient (Wildman–Crippen LogP) is 2.14. The van der Waals surface area contributed by atoms with E-state index in [1.54, 1.807) is 6.07 Å². The van der Waals surface area contributed by atoms with Crippen LogP contribution in [0, 0.1) is 17.8 Å². The fourth-order valence-corrected chi connectivity index (χ4v) is 4.89. The summed E-state index contributed by atoms with van der Waals surface area (Å²) in [5.74, 6) is 2.62. The average Bonchev–Trinajstić information content (AvgIpc) is 2.77. The standard InChI is InChI=1S/C17H23N3O3/c1-22-15-8-14(18-17(19-15)23-2)16(21)20-9-12-4-10-3-11(5-12)7-13(20)6-10/h8,10-13H,3-7,9H2,1-2H3/t10-,11+,12?,13?. The van der Waals surface area contributed by atoms with Gasteiger partial charge in [-0.3, -0.25) is 4.79 Å². The minimum Gasteiger partial charge on any atom is -0.481 e. The topological polar surface area (TPSA) is 64.5 Å². The van der Waals surface area contributed by atoms with E-state index in [-0.39, 0.29) is 11.9 Å². The largest absolute Gasteiger partial charge is 0.481 e. The van der Waals surface area contributed by atoms with E-state index in [4.69, 9.17) is 9.47 Å². The van der Waals surface area contributed by atoms with Crippen molar-refractivity contribution in [2.45, 2.75) is 38.1 Å². The summed E-state index contributed by atoms with van der Waals surface area (Å²) in [6.07, 6.45) is 6.24. The number of hydrogen-bond acceptors (Lipinski definition) is 5. The lowest BCUT2D eigenvalue weighted by Crippen LogP contribution is -2.42. The number of fused-ring (bicyclic) bond motifs is 1. The van der Waals surface area contributed by atoms with Crippen molar-refractivity contribution in [2.75, 3.05) is 20.8 Å². The summed E-state index contributed by atoms with van der Waals surface area (Å²) >= 11 is 0. The molecule has 2 aliphatic carbocycles. The second-order valence-corrected chi connectivity index (χ2v) is 7.17. The number of carbonyl (C=O) groups excluding carboxylic acids is 1. The lowest BCUT2D eigenvalue weighted by Gasteiger charge is -2.38. The van der Waals surface area contributed by atoms with Crippen molar-refractivity contribution < 1.29 is 14.3 Å². The van der Waals surface area contributed by atoms with Gasteiger partial charge in [0.2, 0.25) is 5.88 Å². The highest BCUT2D eigenvalue weighted by Crippen LogP contribution is 2.47. The Kier molecular flexibility index (Phi) is 3.62. The Morgan fingerprint density at radius 2 is 1.74 bits per heavy atom. The highest BCUT2D eigenvalue weighted by molar-refractivity contribution is 5.93. The summed E-state index contributed by atoms with van der Waals surface area (Å²) in [6.45, 7) is 0.866. The summed E-state index contributed by atoms with van der Waals surface area (Å²) in [7, 11) is 3.03. The normalized spacial score (nSPS) is 31.8. The first kappa shape index (κ1) is 14.7. The molecule has 0 radical (unpaired) electrons. The van der Waals surface area contributed by atoms with E-state index in [0.717, 1.165) is 31.2 Å². The molecule has 0 aromatic carbocycles. The molecular weight excluding hydrogens is 294 g/mol. The second-order valence-electron chi connectivity index (χ2n) is 7.17. The van der Waals surface area contributed by atoms with E-state index in [2.05, 4.69) is 14.9 Å². The van der Waals surface area contributed by atoms with Crippen LogP contribution in [0.15, 0.2) is 6.07 Å². The Labute approximate surface area is 136 Å². The van der Waals surface area contributed by atoms with E-state index in [9.17, 15) is 4.79 Å². The predicted molar refractivity (Wildman–Crippen MR) is 83.5 cm³/mol. The van der Waals surface area contributed by atoms with Crippen molar-refractivity contribution in [3.05, 3.63) is 11.8 Å². The number of methoxy groups -OCH3 is 2. The molecule has 4 atom stereocenters. The van der Waals surface area contributed by atoms with Crippen LogP contribution in [0.3, 0.4) is 0 Å². The molecule has 1 aromatic rings. The molecule has 1 aromatic heterocycles. The summed E-state index contributed by atoms with van der Waals surface area (Å²) < 4.78 is 10.3. The van der Waals surface area contributed by atoms with E-state index >= 15 is 0 Å². The van der Waals surface area contributed by atoms with Gasteiger partial charge in [0.05, 0.1) is 14.2 Å². The van der Waals surface area contributed by atoms with E-state index < -0.39 is 0 Å². The molecule has 2 saturated carbocycles. The third kappa shape index (κ3) is 2.64. The lowest BCUT2D eigenvalue weighted by molar-refractivity contribution is 0.0625. The smallest absolute Gasteiger partial charge is 0.320 e. The van der Waals surface area contributed by atoms with Gasteiger partial charge in [-0.2, -0.15) is 9.97 Å². The molecule has 4 aliphatic rings. The summed E-state index contributed by atoms with van der Waals surface area (Å²) in [6, 6.07) is 2.15. The maximum absolute atomic E-state index is 13.1. The first-order valence-corrected chi connectivity index (χ1v) is 8.44. The molecule has 0 spiro atoms. The van der Waals surface area contributed by atoms with Crippen LogP contribution in [-0.2, 0) is 0 Å². The Morgan fingerprint density at radius 3 is 2.39 bits per heavy atom. The van der Waals surface area contributed by atoms with Gasteiger partial charge in [0.25, 0.3) is 5.91 Å². The van der Waals surface area contributed by atoms with Gasteiger partial charge in [-0.05, 0) is 49.9 Å². The van der Waals surface area contributed by atoms with Crippen molar-refractivity contribution in [1.29, 1.82) is 0 Å². The second kappa shape index (κ2) is 5.65. The van der Waals surface area contributed by atoms with Gasteiger partial charge >= 0.3 is 6.01 Å². The molecule has 2 unspecified atom stereocenters. The minimum absolute atomic E-state index is 0.0119. The van der Waals surface area contributed by atoms with Crippen LogP contribution in [0.2, 0.25) is 0 Å². The molecule has 0 N–H and O–H groups in total. The zero-order valence-corrected chi connectivity index (χ0v) is 13.7. The number of amides is 1. The molecule has 4 fully saturated rings. The van der Waals surface area contributed by atoms with Gasteiger partial charge in [-0.15, -0.1) is 0 Å². The van der Waals surface area contributed by atoms with Crippen molar-refractivity contribution in [3.8, 4) is 11.9 Å². The Hall–Kier alpha value is -1.85. The third-order valence-electron chi connectivity index (χ3n) is 5.66. The number of aromatic nitrogens is 2. The van der Waals surface area contributed by atoms with Crippen molar-refractivity contribution in [1.82, 2.24) is 14.9 Å². The molecule has 4 bridgehead atoms. The molecule has 3 heterocycles. The SMILES string of the molecule is COc1cc(C(=O)N2CC3C[C@@H]4CC2C[C@H](C3)C4)nc(OC)n1. The number of ether oxygens (including phenoxy) is 2. The van der Waals surface area contributed by atoms with Gasteiger partial charge in [0.15, 0.2) is 0 Å². The summed E-state index contributed by atoms with van der Waals surface area (Å²) in [5, 5.41) is 0. The highest BCUT2D eigenvalue weighted by atomic mass is 16.5. The number of rotatable bonds is 3. The zero-order valence-electron chi connectivity index (χ0n) is 13.7. The molecule has 6 heteroatoms. The van der Waals surface area contributed by atoms with Crippen molar-refractivity contribution in [2.24, 2.45) is 17.8 Å². The Balaban J connectivity index is 1.64. The first-order chi connectivity index (χ1) is 11.2. The molecule has 23 heavy (non-hydrogen) atoms. The highest BCUT2D eigenvalue weighted by Gasteiger charge is 2.44. The third-order valence-corrected chi connectivity index (χ3v) is 5.66. The Bertz CT molecular complexity index is 585. The van der Waals surface area contributed by atoms with Gasteiger partial charge in [-0.1, -0.05) is 0 Å². The first-order valence-electron chi connectivity index (χ1n) is 8.44. The van der Waals surface area contributed by atoms with Gasteiger partial charge in [0.1, 0.15) is 5.69 Å². The van der Waals surface area contributed by atoms with Crippen LogP contribution in [0.4, 0.5) is 0 Å². The molecule has 2 aliphatic heterocycles. The van der Waals surface area contributed by atoms with Crippen LogP contribution in [-0.4, -0.2) is 47.6 Å². The van der Waals surface area contributed by atoms with E-state index in [1.165, 1.54) is 33.5 Å². The van der Waals surface area contributed by atoms with Crippen LogP contribution in [0.1, 0.15) is 42.6 Å². The van der Waals surface area contributed by atoms with Crippen LogP contribution in [0.25, 0.3) is 0 Å². The van der Waals surface area contributed by atoms with E-state index in [0.29, 0.717) is 23.5 Å². The maximum Gasteiger partial charge on any atom is 0.320 e. The minimum atomic E-state index is -0.0119. The fraction of sp³-hybridized carbons (Fsp3) is 0.706. The molecule has 6 nitrogen and oxygen atoms in total. The van der Waals surface area contributed by atoms with Gasteiger partial charge in [-0.25, -0.2) is 0 Å². The molecular formula is C17H23N3O3. The molecule has 124 valence electrons. The van der Waals surface area contributed by atoms with E-state index in [1.807, 2.05) is 0 Å². The molecule has 2 saturated heterocycles. The van der Waals surface area contributed by atoms with Crippen molar-refractivity contribution in [3.63, 3.8) is 0 Å². The van der Waals surface area contributed by atoms with Gasteiger partial charge in [0, 0.05) is 18.7 Å². The summed E-state index contributed by atoms with van der Waals surface area (Å²) in [4.78, 5) is 23.5. The Morgan fingerprint density at radius 1 is 1.04 bits per heavy atom. The molecule has 1 amide bonds. The number of carbonyl (C=O) groups is 1. The number of hydrogen-bond donors (Lipinski definition) is 0. The quantitative estimate of drug-likeness (QED) is 0.854. The monoisotopic (exact) mass is 317 g/mol. The zero-order chi connectivity index (χ0) is 16.0. The summed E-state index contributed by atoms with van der Waals surface area (Å²) in [5.41, 5.74) is 0.370. The lowest BCUT2D eigenvalue weighted by atomic mass is 9.68. The fourth-order valence-electron chi connectivity index (χ4n) is 4.89. The van der Waals surface area contributed by atoms with Crippen molar-refractivity contribution >= 4 is 5.91 Å². The maximum atomic E-state index is 13.1. The van der Waals surface area contributed by atoms with Gasteiger partial charge < -0.3 is 14.4 Å². The van der Waals surface area contributed by atoms with Crippen LogP contribution in [0.5, 0.6) is 11.9 Å². The number of nitrogens with zero attached hydrogens (tertiary/aromatic N) is 3. The molecule has 5 rings (SSSR count). The van der Waals surface area contributed by atoms with Crippen LogP contribution >= 0.6 is 0 Å².